The molecule has 0 spiro atoms. The van der Waals surface area contributed by atoms with E-state index < -0.39 is 0 Å². The molecule has 1 heteroatoms. The smallest absolute Gasteiger partial charge is 0.0433 e. The first-order chi connectivity index (χ1) is 11.5. The molecule has 0 amide bonds. The van der Waals surface area contributed by atoms with Gasteiger partial charge in [0, 0.05) is 20.2 Å². The Balaban J connectivity index is 1.81. The van der Waals surface area contributed by atoms with Crippen molar-refractivity contribution < 1.29 is 0 Å². The number of thiophene rings is 1. The van der Waals surface area contributed by atoms with E-state index in [9.17, 15) is 0 Å². The Labute approximate surface area is 147 Å². The van der Waals surface area contributed by atoms with E-state index in [4.69, 9.17) is 0 Å². The van der Waals surface area contributed by atoms with Crippen molar-refractivity contribution in [1.82, 2.24) is 0 Å². The fourth-order valence-electron chi connectivity index (χ4n) is 3.39. The average Bonchev–Trinajstić information content (AvgIpc) is 2.93. The number of hydrogen-bond donors (Lipinski definition) is 0. The molecular formula is C23H22S. The highest BCUT2D eigenvalue weighted by Gasteiger charge is 2.12. The van der Waals surface area contributed by atoms with Crippen LogP contribution in [-0.2, 0) is 6.42 Å². The summed E-state index contributed by atoms with van der Waals surface area (Å²) >= 11 is 1.90. The molecule has 0 atom stereocenters. The van der Waals surface area contributed by atoms with Crippen molar-refractivity contribution in [2.45, 2.75) is 27.2 Å². The van der Waals surface area contributed by atoms with Crippen LogP contribution in [0, 0.1) is 5.41 Å². The Bertz CT molecular complexity index is 998. The molecule has 4 aromatic rings. The molecule has 0 nitrogen and oxygen atoms in total. The van der Waals surface area contributed by atoms with Crippen molar-refractivity contribution in [1.29, 1.82) is 0 Å². The van der Waals surface area contributed by atoms with Crippen molar-refractivity contribution in [3.8, 4) is 11.1 Å². The van der Waals surface area contributed by atoms with Gasteiger partial charge in [0.05, 0.1) is 0 Å². The van der Waals surface area contributed by atoms with Crippen molar-refractivity contribution in [2.24, 2.45) is 5.41 Å². The van der Waals surface area contributed by atoms with Gasteiger partial charge in [-0.25, -0.2) is 0 Å². The first-order valence-electron chi connectivity index (χ1n) is 8.51. The summed E-state index contributed by atoms with van der Waals surface area (Å²) in [5.74, 6) is 0. The van der Waals surface area contributed by atoms with E-state index in [0.717, 1.165) is 6.42 Å². The minimum absolute atomic E-state index is 0.326. The van der Waals surface area contributed by atoms with E-state index in [2.05, 4.69) is 87.5 Å². The van der Waals surface area contributed by atoms with Gasteiger partial charge in [0.1, 0.15) is 0 Å². The van der Waals surface area contributed by atoms with Crippen LogP contribution in [0.3, 0.4) is 0 Å². The lowest BCUT2D eigenvalue weighted by Gasteiger charge is -2.18. The molecule has 0 aliphatic carbocycles. The van der Waals surface area contributed by atoms with E-state index in [1.165, 1.54) is 36.9 Å². The molecule has 0 aliphatic heterocycles. The number of fused-ring (bicyclic) bond motifs is 3. The third-order valence-corrected chi connectivity index (χ3v) is 5.62. The second-order valence-corrected chi connectivity index (χ2v) is 8.77. The zero-order valence-electron chi connectivity index (χ0n) is 14.5. The van der Waals surface area contributed by atoms with Crippen LogP contribution in [0.5, 0.6) is 0 Å². The van der Waals surface area contributed by atoms with E-state index in [-0.39, 0.29) is 0 Å². The van der Waals surface area contributed by atoms with Crippen LogP contribution < -0.4 is 0 Å². The van der Waals surface area contributed by atoms with Crippen LogP contribution in [0.25, 0.3) is 31.3 Å². The fraction of sp³-hybridized carbons (Fsp3) is 0.217. The zero-order chi connectivity index (χ0) is 16.7. The molecule has 0 unspecified atom stereocenters. The maximum atomic E-state index is 2.29. The number of benzene rings is 3. The summed E-state index contributed by atoms with van der Waals surface area (Å²) in [4.78, 5) is 0. The Morgan fingerprint density at radius 1 is 0.750 bits per heavy atom. The second kappa shape index (κ2) is 5.75. The quantitative estimate of drug-likeness (QED) is 0.361. The summed E-state index contributed by atoms with van der Waals surface area (Å²) < 4.78 is 2.76. The molecule has 0 bridgehead atoms. The summed E-state index contributed by atoms with van der Waals surface area (Å²) in [5, 5.41) is 2.73. The Morgan fingerprint density at radius 2 is 1.46 bits per heavy atom. The van der Waals surface area contributed by atoms with E-state index in [0.29, 0.717) is 5.41 Å². The van der Waals surface area contributed by atoms with Gasteiger partial charge in [-0.15, -0.1) is 11.3 Å². The highest BCUT2D eigenvalue weighted by Crippen LogP contribution is 2.39. The van der Waals surface area contributed by atoms with Gasteiger partial charge in [-0.2, -0.15) is 0 Å². The Morgan fingerprint density at radius 3 is 2.21 bits per heavy atom. The molecular weight excluding hydrogens is 308 g/mol. The second-order valence-electron chi connectivity index (χ2n) is 7.71. The molecule has 0 N–H and O–H groups in total. The van der Waals surface area contributed by atoms with Crippen molar-refractivity contribution in [3.05, 3.63) is 72.3 Å². The van der Waals surface area contributed by atoms with Gasteiger partial charge in [-0.05, 0) is 34.6 Å². The largest absolute Gasteiger partial charge is 0.135 e. The molecule has 0 saturated carbocycles. The predicted molar refractivity (Wildman–Crippen MR) is 108 cm³/mol. The fourth-order valence-corrected chi connectivity index (χ4v) is 4.63. The van der Waals surface area contributed by atoms with Gasteiger partial charge in [-0.3, -0.25) is 0 Å². The summed E-state index contributed by atoms with van der Waals surface area (Å²) in [5.41, 5.74) is 4.39. The van der Waals surface area contributed by atoms with E-state index >= 15 is 0 Å². The molecule has 1 heterocycles. The maximum Gasteiger partial charge on any atom is 0.0433 e. The topological polar surface area (TPSA) is 0 Å². The summed E-state index contributed by atoms with van der Waals surface area (Å²) in [6.07, 6.45) is 1.11. The molecule has 0 radical (unpaired) electrons. The molecule has 0 saturated heterocycles. The van der Waals surface area contributed by atoms with E-state index in [1.807, 2.05) is 11.3 Å². The SMILES string of the molecule is CC(C)(C)Cc1ccc(-c2cccc3c2sc2ccccc23)cc1. The number of hydrogen-bond acceptors (Lipinski definition) is 1. The van der Waals surface area contributed by atoms with Crippen molar-refractivity contribution >= 4 is 31.5 Å². The summed E-state index contributed by atoms with van der Waals surface area (Å²) in [6.45, 7) is 6.87. The molecule has 1 aromatic heterocycles. The highest BCUT2D eigenvalue weighted by molar-refractivity contribution is 7.26. The highest BCUT2D eigenvalue weighted by atomic mass is 32.1. The van der Waals surface area contributed by atoms with E-state index in [1.54, 1.807) is 0 Å². The molecule has 4 rings (SSSR count). The van der Waals surface area contributed by atoms with Gasteiger partial charge < -0.3 is 0 Å². The van der Waals surface area contributed by atoms with Crippen LogP contribution >= 0.6 is 11.3 Å². The van der Waals surface area contributed by atoms with Crippen LogP contribution in [0.2, 0.25) is 0 Å². The maximum absolute atomic E-state index is 2.29. The van der Waals surface area contributed by atoms with Gasteiger partial charge >= 0.3 is 0 Å². The monoisotopic (exact) mass is 330 g/mol. The zero-order valence-corrected chi connectivity index (χ0v) is 15.3. The predicted octanol–water partition coefficient (Wildman–Crippen LogP) is 7.31. The lowest BCUT2D eigenvalue weighted by molar-refractivity contribution is 0.411. The molecule has 0 fully saturated rings. The van der Waals surface area contributed by atoms with Crippen molar-refractivity contribution in [2.75, 3.05) is 0 Å². The third kappa shape index (κ3) is 2.85. The van der Waals surface area contributed by atoms with Crippen LogP contribution in [0.1, 0.15) is 26.3 Å². The standard InChI is InChI=1S/C23H22S/c1-23(2,3)15-16-11-13-17(14-12-16)18-8-6-9-20-19-7-4-5-10-21(19)24-22(18)20/h4-14H,15H2,1-3H3. The normalized spacial score (nSPS) is 12.1. The van der Waals surface area contributed by atoms with Crippen LogP contribution in [0.4, 0.5) is 0 Å². The minimum Gasteiger partial charge on any atom is -0.135 e. The van der Waals surface area contributed by atoms with Crippen LogP contribution in [-0.4, -0.2) is 0 Å². The first kappa shape index (κ1) is 15.4. The average molecular weight is 330 g/mol. The Hall–Kier alpha value is -2.12. The van der Waals surface area contributed by atoms with Gasteiger partial charge in [0.15, 0.2) is 0 Å². The molecule has 3 aromatic carbocycles. The van der Waals surface area contributed by atoms with Gasteiger partial charge in [0.25, 0.3) is 0 Å². The van der Waals surface area contributed by atoms with Gasteiger partial charge in [-0.1, -0.05) is 81.4 Å². The third-order valence-electron chi connectivity index (χ3n) is 4.40. The lowest BCUT2D eigenvalue weighted by atomic mass is 9.87. The molecule has 120 valence electrons. The van der Waals surface area contributed by atoms with Crippen LogP contribution in [0.15, 0.2) is 66.7 Å². The Kier molecular flexibility index (Phi) is 3.69. The summed E-state index contributed by atoms with van der Waals surface area (Å²) in [6, 6.07) is 24.5. The summed E-state index contributed by atoms with van der Waals surface area (Å²) in [7, 11) is 0. The lowest BCUT2D eigenvalue weighted by Crippen LogP contribution is -2.08. The molecule has 24 heavy (non-hydrogen) atoms. The van der Waals surface area contributed by atoms with Gasteiger partial charge in [0.2, 0.25) is 0 Å². The minimum atomic E-state index is 0.326. The first-order valence-corrected chi connectivity index (χ1v) is 9.32. The van der Waals surface area contributed by atoms with Crippen molar-refractivity contribution in [3.63, 3.8) is 0 Å². The molecule has 0 aliphatic rings. The number of rotatable bonds is 2.